The highest BCUT2D eigenvalue weighted by Gasteiger charge is 2.00. The number of hydrogen-bond acceptors (Lipinski definition) is 1. The Morgan fingerprint density at radius 1 is 0.733 bits per heavy atom. The Bertz CT molecular complexity index is 391. The molecule has 2 nitrogen and oxygen atoms in total. The summed E-state index contributed by atoms with van der Waals surface area (Å²) < 4.78 is 4.07. The minimum absolute atomic E-state index is 1.27. The van der Waals surface area contributed by atoms with Crippen LogP contribution in [0.5, 0.6) is 0 Å². The maximum Gasteiger partial charge on any atom is 0.169 e. The molecular weight excluding hydrogens is 204 g/mol. The molecule has 0 aliphatic rings. The van der Waals surface area contributed by atoms with Crippen molar-refractivity contribution in [1.29, 1.82) is 0 Å². The van der Waals surface area contributed by atoms with E-state index in [1.165, 1.54) is 9.79 Å². The second kappa shape index (κ2) is 4.45. The smallest absolute Gasteiger partial charge is 0.169 e. The molecule has 3 heteroatoms. The van der Waals surface area contributed by atoms with Gasteiger partial charge in [0.05, 0.1) is 0 Å². The van der Waals surface area contributed by atoms with Crippen LogP contribution >= 0.6 is 11.8 Å². The Balaban J connectivity index is 2.15. The van der Waals surface area contributed by atoms with E-state index in [0.29, 0.717) is 0 Å². The molecule has 0 unspecified atom stereocenters. The van der Waals surface area contributed by atoms with Crippen molar-refractivity contribution in [1.82, 2.24) is 0 Å². The van der Waals surface area contributed by atoms with E-state index in [1.54, 1.807) is 11.8 Å². The maximum atomic E-state index is 2.12. The Kier molecular flexibility index (Phi) is 3.02. The van der Waals surface area contributed by atoms with Gasteiger partial charge in [-0.15, -0.1) is 0 Å². The van der Waals surface area contributed by atoms with Gasteiger partial charge in [-0.1, -0.05) is 11.8 Å². The summed E-state index contributed by atoms with van der Waals surface area (Å²) in [5.41, 5.74) is 0. The predicted octanol–water partition coefficient (Wildman–Crippen LogP) is 1.49. The summed E-state index contributed by atoms with van der Waals surface area (Å²) in [6.07, 6.45) is 8.24. The van der Waals surface area contributed by atoms with Crippen LogP contribution in [0.2, 0.25) is 0 Å². The van der Waals surface area contributed by atoms with Crippen molar-refractivity contribution < 1.29 is 9.13 Å². The molecule has 2 aromatic heterocycles. The average molecular weight is 218 g/mol. The minimum atomic E-state index is 1.27. The third-order valence-electron chi connectivity index (χ3n) is 2.13. The van der Waals surface area contributed by atoms with Crippen LogP contribution in [0.25, 0.3) is 0 Å². The van der Waals surface area contributed by atoms with Crippen LogP contribution in [0, 0.1) is 0 Å². The first-order valence-corrected chi connectivity index (χ1v) is 5.64. The summed E-state index contributed by atoms with van der Waals surface area (Å²) in [4.78, 5) is 2.53. The second-order valence-electron chi connectivity index (χ2n) is 3.50. The summed E-state index contributed by atoms with van der Waals surface area (Å²) in [6.45, 7) is 0. The van der Waals surface area contributed by atoms with Crippen LogP contribution < -0.4 is 9.13 Å². The van der Waals surface area contributed by atoms with E-state index in [1.807, 2.05) is 23.2 Å². The molecule has 0 N–H and O–H groups in total. The maximum absolute atomic E-state index is 2.12. The number of hydrogen-bond donors (Lipinski definition) is 0. The zero-order valence-electron chi connectivity index (χ0n) is 8.92. The highest BCUT2D eigenvalue weighted by molar-refractivity contribution is 7.99. The van der Waals surface area contributed by atoms with E-state index in [9.17, 15) is 0 Å². The van der Waals surface area contributed by atoms with Crippen LogP contribution in [-0.4, -0.2) is 0 Å². The molecule has 2 rings (SSSR count). The summed E-state index contributed by atoms with van der Waals surface area (Å²) in [6, 6.07) is 8.49. The molecule has 0 saturated carbocycles. The van der Waals surface area contributed by atoms with Crippen molar-refractivity contribution in [3.05, 3.63) is 49.1 Å². The van der Waals surface area contributed by atoms with Crippen molar-refractivity contribution >= 4 is 11.8 Å². The molecule has 0 saturated heterocycles. The molecule has 76 valence electrons. The van der Waals surface area contributed by atoms with E-state index in [2.05, 4.69) is 49.1 Å². The van der Waals surface area contributed by atoms with Crippen molar-refractivity contribution in [2.24, 2.45) is 14.1 Å². The molecule has 2 aromatic rings. The number of pyridine rings is 2. The monoisotopic (exact) mass is 218 g/mol. The molecule has 0 aliphatic carbocycles. The minimum Gasteiger partial charge on any atom is -0.208 e. The van der Waals surface area contributed by atoms with Gasteiger partial charge >= 0.3 is 0 Å². The zero-order valence-corrected chi connectivity index (χ0v) is 9.74. The lowest BCUT2D eigenvalue weighted by Crippen LogP contribution is -2.25. The molecule has 0 spiro atoms. The van der Waals surface area contributed by atoms with Gasteiger partial charge in [0.15, 0.2) is 24.8 Å². The molecule has 0 aliphatic heterocycles. The Morgan fingerprint density at radius 2 is 1.07 bits per heavy atom. The summed E-state index contributed by atoms with van der Waals surface area (Å²) in [5.74, 6) is 0. The Labute approximate surface area is 94.2 Å². The van der Waals surface area contributed by atoms with Gasteiger partial charge in [-0.2, -0.15) is 0 Å². The average Bonchev–Trinajstić information content (AvgIpc) is 2.25. The van der Waals surface area contributed by atoms with Gasteiger partial charge in [0.1, 0.15) is 14.1 Å². The SMILES string of the molecule is C[n+]1ccc(Sc2cc[n+](C)cc2)cc1. The molecule has 0 bridgehead atoms. The topological polar surface area (TPSA) is 7.76 Å². The third kappa shape index (κ3) is 2.80. The van der Waals surface area contributed by atoms with E-state index in [-0.39, 0.29) is 0 Å². The summed E-state index contributed by atoms with van der Waals surface area (Å²) >= 11 is 1.78. The van der Waals surface area contributed by atoms with Crippen molar-refractivity contribution in [2.45, 2.75) is 9.79 Å². The number of rotatable bonds is 2. The molecule has 15 heavy (non-hydrogen) atoms. The fourth-order valence-electron chi connectivity index (χ4n) is 1.25. The standard InChI is InChI=1S/C12H14N2S/c1-13-7-3-11(4-8-13)15-12-5-9-14(2)10-6-12/h3-10H,1-2H3/q+2. The first-order chi connectivity index (χ1) is 7.24. The van der Waals surface area contributed by atoms with Gasteiger partial charge in [0, 0.05) is 34.1 Å². The van der Waals surface area contributed by atoms with Gasteiger partial charge in [-0.05, 0) is 0 Å². The molecular formula is C12H14N2S+2. The van der Waals surface area contributed by atoms with Gasteiger partial charge in [-0.25, -0.2) is 9.13 Å². The van der Waals surface area contributed by atoms with Crippen molar-refractivity contribution in [3.63, 3.8) is 0 Å². The fraction of sp³-hybridized carbons (Fsp3) is 0.167. The van der Waals surface area contributed by atoms with Crippen LogP contribution in [0.3, 0.4) is 0 Å². The van der Waals surface area contributed by atoms with Crippen LogP contribution in [0.15, 0.2) is 58.8 Å². The van der Waals surface area contributed by atoms with Gasteiger partial charge in [0.2, 0.25) is 0 Å². The number of aromatic nitrogens is 2. The molecule has 0 fully saturated rings. The van der Waals surface area contributed by atoms with E-state index in [0.717, 1.165) is 0 Å². The first kappa shape index (κ1) is 10.2. The largest absolute Gasteiger partial charge is 0.208 e. The lowest BCUT2D eigenvalue weighted by atomic mass is 10.5. The fourth-order valence-corrected chi connectivity index (χ4v) is 2.03. The highest BCUT2D eigenvalue weighted by atomic mass is 32.2. The molecule has 2 heterocycles. The first-order valence-electron chi connectivity index (χ1n) is 4.82. The van der Waals surface area contributed by atoms with Crippen LogP contribution in [0.1, 0.15) is 0 Å². The van der Waals surface area contributed by atoms with Crippen LogP contribution in [0.4, 0.5) is 0 Å². The van der Waals surface area contributed by atoms with E-state index < -0.39 is 0 Å². The van der Waals surface area contributed by atoms with Gasteiger partial charge in [0.25, 0.3) is 0 Å². The van der Waals surface area contributed by atoms with Crippen molar-refractivity contribution in [3.8, 4) is 0 Å². The quantitative estimate of drug-likeness (QED) is 0.693. The van der Waals surface area contributed by atoms with E-state index >= 15 is 0 Å². The number of aryl methyl sites for hydroxylation is 2. The lowest BCUT2D eigenvalue weighted by molar-refractivity contribution is -0.671. The predicted molar refractivity (Wildman–Crippen MR) is 59.4 cm³/mol. The highest BCUT2D eigenvalue weighted by Crippen LogP contribution is 2.25. The second-order valence-corrected chi connectivity index (χ2v) is 4.65. The van der Waals surface area contributed by atoms with Gasteiger partial charge < -0.3 is 0 Å². The van der Waals surface area contributed by atoms with Crippen molar-refractivity contribution in [2.75, 3.05) is 0 Å². The van der Waals surface area contributed by atoms with Gasteiger partial charge in [-0.3, -0.25) is 0 Å². The Morgan fingerprint density at radius 3 is 1.40 bits per heavy atom. The Hall–Kier alpha value is -1.35. The van der Waals surface area contributed by atoms with Crippen LogP contribution in [-0.2, 0) is 14.1 Å². The third-order valence-corrected chi connectivity index (χ3v) is 3.15. The molecule has 0 radical (unpaired) electrons. The summed E-state index contributed by atoms with van der Waals surface area (Å²) in [5, 5.41) is 0. The summed E-state index contributed by atoms with van der Waals surface area (Å²) in [7, 11) is 4.05. The zero-order chi connectivity index (χ0) is 10.7. The lowest BCUT2D eigenvalue weighted by Gasteiger charge is -1.98. The molecule has 0 amide bonds. The normalized spacial score (nSPS) is 10.3. The molecule has 0 atom stereocenters. The van der Waals surface area contributed by atoms with E-state index in [4.69, 9.17) is 0 Å². The molecule has 0 aromatic carbocycles. The number of nitrogens with zero attached hydrogens (tertiary/aromatic N) is 2.